The van der Waals surface area contributed by atoms with E-state index in [1.54, 1.807) is 13.3 Å². The molecular formula is C24H31N3O4. The Balaban J connectivity index is 1.41. The molecule has 1 aliphatic heterocycles. The third-order valence-corrected chi connectivity index (χ3v) is 5.52. The molecule has 31 heavy (non-hydrogen) atoms. The Labute approximate surface area is 183 Å². The maximum atomic E-state index is 12.6. The SMILES string of the molecule is COCCOc1ncccc1CNC(=O)C1CCN(C(=O)CCc2ccccc2)CC1. The van der Waals surface area contributed by atoms with Gasteiger partial charge in [0.15, 0.2) is 0 Å². The van der Waals surface area contributed by atoms with Gasteiger partial charge >= 0.3 is 0 Å². The number of ether oxygens (including phenoxy) is 2. The number of carbonyl (C=O) groups excluding carboxylic acids is 2. The van der Waals surface area contributed by atoms with Crippen molar-refractivity contribution in [1.82, 2.24) is 15.2 Å². The predicted octanol–water partition coefficient (Wildman–Crippen LogP) is 2.59. The first-order valence-corrected chi connectivity index (χ1v) is 10.8. The number of pyridine rings is 1. The number of hydrogen-bond acceptors (Lipinski definition) is 5. The Morgan fingerprint density at radius 1 is 1.10 bits per heavy atom. The van der Waals surface area contributed by atoms with Crippen LogP contribution in [0.3, 0.4) is 0 Å². The van der Waals surface area contributed by atoms with Gasteiger partial charge in [-0.3, -0.25) is 9.59 Å². The minimum Gasteiger partial charge on any atom is -0.475 e. The van der Waals surface area contributed by atoms with E-state index in [2.05, 4.69) is 10.3 Å². The lowest BCUT2D eigenvalue weighted by molar-refractivity contribution is -0.135. The number of carbonyl (C=O) groups is 2. The van der Waals surface area contributed by atoms with Crippen LogP contribution in [0.1, 0.15) is 30.4 Å². The van der Waals surface area contributed by atoms with Crippen LogP contribution in [0, 0.1) is 5.92 Å². The van der Waals surface area contributed by atoms with Crippen LogP contribution in [0.15, 0.2) is 48.7 Å². The summed E-state index contributed by atoms with van der Waals surface area (Å²) in [6.45, 7) is 2.51. The summed E-state index contributed by atoms with van der Waals surface area (Å²) in [4.78, 5) is 31.3. The highest BCUT2D eigenvalue weighted by molar-refractivity contribution is 5.80. The lowest BCUT2D eigenvalue weighted by Crippen LogP contribution is -2.43. The number of aromatic nitrogens is 1. The number of aryl methyl sites for hydroxylation is 1. The summed E-state index contributed by atoms with van der Waals surface area (Å²) in [7, 11) is 1.62. The first-order valence-electron chi connectivity index (χ1n) is 10.8. The van der Waals surface area contributed by atoms with Crippen LogP contribution in [-0.4, -0.2) is 55.1 Å². The van der Waals surface area contributed by atoms with E-state index in [-0.39, 0.29) is 17.7 Å². The van der Waals surface area contributed by atoms with Crippen molar-refractivity contribution in [3.63, 3.8) is 0 Å². The van der Waals surface area contributed by atoms with E-state index in [4.69, 9.17) is 9.47 Å². The second kappa shape index (κ2) is 12.1. The molecule has 0 radical (unpaired) electrons. The van der Waals surface area contributed by atoms with E-state index < -0.39 is 0 Å². The summed E-state index contributed by atoms with van der Waals surface area (Å²) in [6, 6.07) is 13.8. The monoisotopic (exact) mass is 425 g/mol. The summed E-state index contributed by atoms with van der Waals surface area (Å²) in [5.41, 5.74) is 2.01. The van der Waals surface area contributed by atoms with Crippen molar-refractivity contribution >= 4 is 11.8 Å². The van der Waals surface area contributed by atoms with Crippen molar-refractivity contribution in [2.45, 2.75) is 32.2 Å². The fraction of sp³-hybridized carbons (Fsp3) is 0.458. The maximum absolute atomic E-state index is 12.6. The number of likely N-dealkylation sites (tertiary alicyclic amines) is 1. The molecule has 0 aliphatic carbocycles. The van der Waals surface area contributed by atoms with Crippen LogP contribution in [0.2, 0.25) is 0 Å². The van der Waals surface area contributed by atoms with Gasteiger partial charge in [0, 0.05) is 50.8 Å². The van der Waals surface area contributed by atoms with Crippen LogP contribution in [-0.2, 0) is 27.3 Å². The zero-order chi connectivity index (χ0) is 21.9. The standard InChI is InChI=1S/C24H31N3O4/c1-30-16-17-31-24-21(8-5-13-25-24)18-26-23(29)20-11-14-27(15-12-20)22(28)10-9-19-6-3-2-4-7-19/h2-8,13,20H,9-12,14-18H2,1H3,(H,26,29). The summed E-state index contributed by atoms with van der Waals surface area (Å²) < 4.78 is 10.6. The smallest absolute Gasteiger partial charge is 0.223 e. The van der Waals surface area contributed by atoms with Crippen LogP contribution >= 0.6 is 0 Å². The molecule has 7 heteroatoms. The van der Waals surface area contributed by atoms with Crippen molar-refractivity contribution in [2.75, 3.05) is 33.4 Å². The van der Waals surface area contributed by atoms with Crippen LogP contribution in [0.4, 0.5) is 0 Å². The van der Waals surface area contributed by atoms with Gasteiger partial charge in [0.1, 0.15) is 6.61 Å². The summed E-state index contributed by atoms with van der Waals surface area (Å²) in [5, 5.41) is 3.00. The Bertz CT molecular complexity index is 836. The van der Waals surface area contributed by atoms with Gasteiger partial charge < -0.3 is 19.7 Å². The minimum absolute atomic E-state index is 0.0167. The summed E-state index contributed by atoms with van der Waals surface area (Å²) in [5.74, 6) is 0.616. The number of hydrogen-bond donors (Lipinski definition) is 1. The Hall–Kier alpha value is -2.93. The van der Waals surface area contributed by atoms with Crippen molar-refractivity contribution in [2.24, 2.45) is 5.92 Å². The molecule has 1 fully saturated rings. The van der Waals surface area contributed by atoms with Gasteiger partial charge in [-0.25, -0.2) is 4.98 Å². The fourth-order valence-corrected chi connectivity index (χ4v) is 3.68. The summed E-state index contributed by atoms with van der Waals surface area (Å²) >= 11 is 0. The molecule has 0 spiro atoms. The number of amides is 2. The predicted molar refractivity (Wildman–Crippen MR) is 118 cm³/mol. The molecule has 7 nitrogen and oxygen atoms in total. The number of nitrogens with zero attached hydrogens (tertiary/aromatic N) is 2. The number of piperidine rings is 1. The highest BCUT2D eigenvalue weighted by atomic mass is 16.5. The molecule has 1 aromatic heterocycles. The molecule has 0 atom stereocenters. The van der Waals surface area contributed by atoms with E-state index in [0.29, 0.717) is 58.0 Å². The highest BCUT2D eigenvalue weighted by Gasteiger charge is 2.27. The van der Waals surface area contributed by atoms with Gasteiger partial charge in [0.2, 0.25) is 17.7 Å². The van der Waals surface area contributed by atoms with Crippen LogP contribution < -0.4 is 10.1 Å². The average molecular weight is 426 g/mol. The van der Waals surface area contributed by atoms with E-state index >= 15 is 0 Å². The second-order valence-electron chi connectivity index (χ2n) is 7.67. The van der Waals surface area contributed by atoms with Crippen molar-refractivity contribution in [3.8, 4) is 5.88 Å². The van der Waals surface area contributed by atoms with Crippen LogP contribution in [0.5, 0.6) is 5.88 Å². The van der Waals surface area contributed by atoms with Gasteiger partial charge in [-0.15, -0.1) is 0 Å². The zero-order valence-corrected chi connectivity index (χ0v) is 18.1. The van der Waals surface area contributed by atoms with E-state index in [0.717, 1.165) is 12.0 Å². The van der Waals surface area contributed by atoms with Crippen molar-refractivity contribution in [1.29, 1.82) is 0 Å². The molecule has 2 heterocycles. The molecule has 0 saturated carbocycles. The minimum atomic E-state index is -0.0762. The molecule has 1 aliphatic rings. The van der Waals surface area contributed by atoms with E-state index in [1.807, 2.05) is 47.4 Å². The third-order valence-electron chi connectivity index (χ3n) is 5.52. The molecular weight excluding hydrogens is 394 g/mol. The molecule has 1 saturated heterocycles. The number of nitrogens with one attached hydrogen (secondary N) is 1. The largest absolute Gasteiger partial charge is 0.475 e. The first-order chi connectivity index (χ1) is 15.2. The number of benzene rings is 1. The average Bonchev–Trinajstić information content (AvgIpc) is 2.82. The quantitative estimate of drug-likeness (QED) is 0.592. The van der Waals surface area contributed by atoms with Gasteiger partial charge in [-0.2, -0.15) is 0 Å². The first kappa shape index (κ1) is 22.7. The fourth-order valence-electron chi connectivity index (χ4n) is 3.68. The second-order valence-corrected chi connectivity index (χ2v) is 7.67. The third kappa shape index (κ3) is 7.07. The maximum Gasteiger partial charge on any atom is 0.223 e. The zero-order valence-electron chi connectivity index (χ0n) is 18.1. The topological polar surface area (TPSA) is 80.8 Å². The molecule has 1 N–H and O–H groups in total. The van der Waals surface area contributed by atoms with Gasteiger partial charge in [-0.05, 0) is 30.9 Å². The van der Waals surface area contributed by atoms with E-state index in [9.17, 15) is 9.59 Å². The van der Waals surface area contributed by atoms with Crippen LogP contribution in [0.25, 0.3) is 0 Å². The Kier molecular flexibility index (Phi) is 8.84. The van der Waals surface area contributed by atoms with Crippen molar-refractivity contribution in [3.05, 3.63) is 59.8 Å². The van der Waals surface area contributed by atoms with Gasteiger partial charge in [-0.1, -0.05) is 36.4 Å². The van der Waals surface area contributed by atoms with E-state index in [1.165, 1.54) is 5.56 Å². The highest BCUT2D eigenvalue weighted by Crippen LogP contribution is 2.20. The van der Waals surface area contributed by atoms with Crippen molar-refractivity contribution < 1.29 is 19.1 Å². The number of methoxy groups -OCH3 is 1. The summed E-state index contributed by atoms with van der Waals surface area (Å²) in [6.07, 6.45) is 4.30. The molecule has 3 rings (SSSR count). The molecule has 0 bridgehead atoms. The number of rotatable bonds is 10. The lowest BCUT2D eigenvalue weighted by Gasteiger charge is -2.31. The Morgan fingerprint density at radius 2 is 1.87 bits per heavy atom. The molecule has 2 amide bonds. The Morgan fingerprint density at radius 3 is 2.61 bits per heavy atom. The normalized spacial score (nSPS) is 14.3. The molecule has 2 aromatic rings. The molecule has 166 valence electrons. The molecule has 0 unspecified atom stereocenters. The van der Waals surface area contributed by atoms with Gasteiger partial charge in [0.05, 0.1) is 6.61 Å². The van der Waals surface area contributed by atoms with Gasteiger partial charge in [0.25, 0.3) is 0 Å². The lowest BCUT2D eigenvalue weighted by atomic mass is 9.95. The molecule has 1 aromatic carbocycles.